The number of nitrogens with zero attached hydrogens (tertiary/aromatic N) is 1. The quantitative estimate of drug-likeness (QED) is 0.639. The van der Waals surface area contributed by atoms with Gasteiger partial charge in [-0.3, -0.25) is 4.79 Å². The molecule has 1 saturated carbocycles. The summed E-state index contributed by atoms with van der Waals surface area (Å²) in [5.41, 5.74) is 4.15. The maximum Gasteiger partial charge on any atom is 0.271 e. The summed E-state index contributed by atoms with van der Waals surface area (Å²) < 4.78 is 5.03. The summed E-state index contributed by atoms with van der Waals surface area (Å²) in [7, 11) is 1.60. The summed E-state index contributed by atoms with van der Waals surface area (Å²) in [6.45, 7) is 1.95. The van der Waals surface area contributed by atoms with Gasteiger partial charge in [-0.25, -0.2) is 5.43 Å². The van der Waals surface area contributed by atoms with Crippen LogP contribution in [0.3, 0.4) is 0 Å². The Kier molecular flexibility index (Phi) is 3.42. The van der Waals surface area contributed by atoms with Crippen molar-refractivity contribution < 1.29 is 9.53 Å². The second kappa shape index (κ2) is 4.99. The van der Waals surface area contributed by atoms with Crippen molar-refractivity contribution in [3.8, 4) is 5.75 Å². The minimum atomic E-state index is -0.187. The van der Waals surface area contributed by atoms with Gasteiger partial charge in [-0.1, -0.05) is 0 Å². The Morgan fingerprint density at radius 2 is 2.00 bits per heavy atom. The first-order valence-corrected chi connectivity index (χ1v) is 5.69. The van der Waals surface area contributed by atoms with Gasteiger partial charge in [-0.2, -0.15) is 5.10 Å². The lowest BCUT2D eigenvalue weighted by molar-refractivity contribution is 0.0954. The molecule has 17 heavy (non-hydrogen) atoms. The van der Waals surface area contributed by atoms with E-state index in [-0.39, 0.29) is 5.91 Å². The number of hydrogen-bond acceptors (Lipinski definition) is 3. The van der Waals surface area contributed by atoms with Crippen LogP contribution in [0.2, 0.25) is 0 Å². The van der Waals surface area contributed by atoms with Gasteiger partial charge in [-0.05, 0) is 49.9 Å². The van der Waals surface area contributed by atoms with E-state index < -0.39 is 0 Å². The van der Waals surface area contributed by atoms with E-state index in [0.29, 0.717) is 11.5 Å². The Hall–Kier alpha value is -1.84. The van der Waals surface area contributed by atoms with Gasteiger partial charge in [-0.15, -0.1) is 0 Å². The van der Waals surface area contributed by atoms with Gasteiger partial charge in [0.2, 0.25) is 0 Å². The van der Waals surface area contributed by atoms with Gasteiger partial charge in [0.25, 0.3) is 5.91 Å². The number of carbonyl (C=O) groups excluding carboxylic acids is 1. The van der Waals surface area contributed by atoms with E-state index >= 15 is 0 Å². The molecule has 0 bridgehead atoms. The van der Waals surface area contributed by atoms with E-state index in [1.54, 1.807) is 31.4 Å². The van der Waals surface area contributed by atoms with Crippen molar-refractivity contribution in [2.45, 2.75) is 19.8 Å². The Morgan fingerprint density at radius 1 is 1.35 bits per heavy atom. The van der Waals surface area contributed by atoms with Gasteiger partial charge in [0.15, 0.2) is 0 Å². The van der Waals surface area contributed by atoms with Crippen molar-refractivity contribution in [3.05, 3.63) is 29.8 Å². The van der Waals surface area contributed by atoms with Crippen LogP contribution < -0.4 is 10.2 Å². The van der Waals surface area contributed by atoms with E-state index in [2.05, 4.69) is 10.5 Å². The molecule has 1 aliphatic rings. The number of ether oxygens (including phenoxy) is 1. The lowest BCUT2D eigenvalue weighted by atomic mass is 10.2. The number of hydrogen-bond donors (Lipinski definition) is 1. The molecule has 4 nitrogen and oxygen atoms in total. The molecule has 0 unspecified atom stereocenters. The second-order valence-corrected chi connectivity index (χ2v) is 4.20. The van der Waals surface area contributed by atoms with Crippen molar-refractivity contribution >= 4 is 11.6 Å². The van der Waals surface area contributed by atoms with Gasteiger partial charge >= 0.3 is 0 Å². The Morgan fingerprint density at radius 3 is 2.53 bits per heavy atom. The van der Waals surface area contributed by atoms with E-state index in [1.165, 1.54) is 12.8 Å². The van der Waals surface area contributed by atoms with Crippen LogP contribution in [0.25, 0.3) is 0 Å². The zero-order valence-electron chi connectivity index (χ0n) is 10.1. The summed E-state index contributed by atoms with van der Waals surface area (Å²) in [5.74, 6) is 1.12. The fourth-order valence-electron chi connectivity index (χ4n) is 1.54. The van der Waals surface area contributed by atoms with Crippen LogP contribution in [0, 0.1) is 5.92 Å². The number of rotatable bonds is 4. The molecular weight excluding hydrogens is 216 g/mol. The molecule has 90 valence electrons. The molecular formula is C13H16N2O2. The minimum Gasteiger partial charge on any atom is -0.497 e. The second-order valence-electron chi connectivity index (χ2n) is 4.20. The highest BCUT2D eigenvalue weighted by Crippen LogP contribution is 2.30. The Balaban J connectivity index is 1.96. The van der Waals surface area contributed by atoms with E-state index in [9.17, 15) is 4.79 Å². The van der Waals surface area contributed by atoms with Gasteiger partial charge in [0.1, 0.15) is 5.75 Å². The molecule has 4 heteroatoms. The molecule has 1 aromatic carbocycles. The monoisotopic (exact) mass is 232 g/mol. The third-order valence-corrected chi connectivity index (χ3v) is 2.85. The molecule has 0 aromatic heterocycles. The Bertz CT molecular complexity index is 433. The maximum atomic E-state index is 11.7. The molecule has 0 heterocycles. The summed E-state index contributed by atoms with van der Waals surface area (Å²) >= 11 is 0. The first kappa shape index (κ1) is 11.6. The van der Waals surface area contributed by atoms with Crippen LogP contribution in [0.1, 0.15) is 30.1 Å². The standard InChI is InChI=1S/C13H16N2O2/c1-9(10-3-4-10)14-15-13(16)11-5-7-12(17-2)8-6-11/h5-8,10H,3-4H2,1-2H3,(H,15,16). The molecule has 2 rings (SSSR count). The smallest absolute Gasteiger partial charge is 0.271 e. The maximum absolute atomic E-state index is 11.7. The highest BCUT2D eigenvalue weighted by molar-refractivity contribution is 5.95. The van der Waals surface area contributed by atoms with E-state index in [4.69, 9.17) is 4.74 Å². The van der Waals surface area contributed by atoms with E-state index in [1.807, 2.05) is 6.92 Å². The highest BCUT2D eigenvalue weighted by atomic mass is 16.5. The van der Waals surface area contributed by atoms with Crippen LogP contribution in [0.4, 0.5) is 0 Å². The number of hydrazone groups is 1. The van der Waals surface area contributed by atoms with Crippen molar-refractivity contribution in [2.24, 2.45) is 11.0 Å². The fraction of sp³-hybridized carbons (Fsp3) is 0.385. The number of methoxy groups -OCH3 is 1. The van der Waals surface area contributed by atoms with Gasteiger partial charge < -0.3 is 4.74 Å². The molecule has 1 fully saturated rings. The van der Waals surface area contributed by atoms with E-state index in [0.717, 1.165) is 11.5 Å². The third kappa shape index (κ3) is 3.06. The largest absolute Gasteiger partial charge is 0.497 e. The zero-order valence-corrected chi connectivity index (χ0v) is 10.1. The first-order chi connectivity index (χ1) is 8.20. The molecule has 1 amide bonds. The van der Waals surface area contributed by atoms with Crippen LogP contribution in [-0.2, 0) is 0 Å². The number of amides is 1. The lowest BCUT2D eigenvalue weighted by Gasteiger charge is -2.03. The average Bonchev–Trinajstić information content (AvgIpc) is 3.20. The Labute approximate surface area is 101 Å². The predicted molar refractivity (Wildman–Crippen MR) is 66.3 cm³/mol. The molecule has 1 aromatic rings. The van der Waals surface area contributed by atoms with Crippen molar-refractivity contribution in [2.75, 3.05) is 7.11 Å². The number of nitrogens with one attached hydrogen (secondary N) is 1. The molecule has 1 aliphatic carbocycles. The first-order valence-electron chi connectivity index (χ1n) is 5.69. The number of carbonyl (C=O) groups is 1. The van der Waals surface area contributed by atoms with Crippen LogP contribution >= 0.6 is 0 Å². The third-order valence-electron chi connectivity index (χ3n) is 2.85. The SMILES string of the molecule is COc1ccc(C(=O)NN=C(C)C2CC2)cc1. The molecule has 0 aliphatic heterocycles. The molecule has 0 saturated heterocycles. The molecule has 0 atom stereocenters. The van der Waals surface area contributed by atoms with Crippen molar-refractivity contribution in [3.63, 3.8) is 0 Å². The van der Waals surface area contributed by atoms with Crippen molar-refractivity contribution in [1.29, 1.82) is 0 Å². The van der Waals surface area contributed by atoms with Crippen LogP contribution in [0.15, 0.2) is 29.4 Å². The summed E-state index contributed by atoms with van der Waals surface area (Å²) in [6, 6.07) is 6.95. The molecule has 0 spiro atoms. The van der Waals surface area contributed by atoms with Gasteiger partial charge in [0.05, 0.1) is 7.11 Å². The zero-order chi connectivity index (χ0) is 12.3. The topological polar surface area (TPSA) is 50.7 Å². The van der Waals surface area contributed by atoms with Crippen molar-refractivity contribution in [1.82, 2.24) is 5.43 Å². The molecule has 1 N–H and O–H groups in total. The lowest BCUT2D eigenvalue weighted by Crippen LogP contribution is -2.19. The summed E-state index contributed by atoms with van der Waals surface area (Å²) in [4.78, 5) is 11.7. The normalized spacial score (nSPS) is 15.5. The summed E-state index contributed by atoms with van der Waals surface area (Å²) in [5, 5.41) is 4.09. The minimum absolute atomic E-state index is 0.187. The molecule has 0 radical (unpaired) electrons. The summed E-state index contributed by atoms with van der Waals surface area (Å²) in [6.07, 6.45) is 2.38. The van der Waals surface area contributed by atoms with Gasteiger partial charge in [0, 0.05) is 11.3 Å². The van der Waals surface area contributed by atoms with Crippen LogP contribution in [0.5, 0.6) is 5.75 Å². The fourth-order valence-corrected chi connectivity index (χ4v) is 1.54. The number of benzene rings is 1. The predicted octanol–water partition coefficient (Wildman–Crippen LogP) is 2.21. The van der Waals surface area contributed by atoms with Crippen LogP contribution in [-0.4, -0.2) is 18.7 Å². The highest BCUT2D eigenvalue weighted by Gasteiger charge is 2.24. The average molecular weight is 232 g/mol.